The Morgan fingerprint density at radius 3 is 1.80 bits per heavy atom. The van der Waals surface area contributed by atoms with E-state index in [0.29, 0.717) is 0 Å². The van der Waals surface area contributed by atoms with Crippen LogP contribution in [0.25, 0.3) is 0 Å². The van der Waals surface area contributed by atoms with E-state index in [4.69, 9.17) is 15.9 Å². The summed E-state index contributed by atoms with van der Waals surface area (Å²) >= 11 is 3.79. The molecule has 0 bridgehead atoms. The quantitative estimate of drug-likeness (QED) is 0.125. The second-order valence-corrected chi connectivity index (χ2v) is 6.93. The number of nitrogens with one attached hydrogen (secondary N) is 3. The van der Waals surface area contributed by atoms with Crippen LogP contribution in [0.1, 0.15) is 26.7 Å². The maximum absolute atomic E-state index is 12.5. The third-order valence-corrected chi connectivity index (χ3v) is 4.33. The third-order valence-electron chi connectivity index (χ3n) is 3.96. The van der Waals surface area contributed by atoms with Crippen LogP contribution in [0.3, 0.4) is 0 Å². The summed E-state index contributed by atoms with van der Waals surface area (Å²) in [7, 11) is 0. The molecule has 6 atom stereocenters. The fourth-order valence-corrected chi connectivity index (χ4v) is 2.38. The number of amides is 3. The van der Waals surface area contributed by atoms with Crippen LogP contribution in [-0.4, -0.2) is 92.2 Å². The molecular formula is C16H28N4O9S. The van der Waals surface area contributed by atoms with Crippen molar-refractivity contribution in [2.75, 3.05) is 5.75 Å². The number of aliphatic carboxylic acids is 2. The molecule has 13 nitrogen and oxygen atoms in total. The van der Waals surface area contributed by atoms with Gasteiger partial charge in [0, 0.05) is 12.2 Å². The number of rotatable bonds is 13. The molecule has 0 aromatic heterocycles. The van der Waals surface area contributed by atoms with Crippen molar-refractivity contribution in [3.63, 3.8) is 0 Å². The Hall–Kier alpha value is -2.42. The highest BCUT2D eigenvalue weighted by molar-refractivity contribution is 7.80. The van der Waals surface area contributed by atoms with Crippen LogP contribution in [0.15, 0.2) is 0 Å². The Balaban J connectivity index is 5.41. The molecule has 14 heteroatoms. The predicted octanol–water partition coefficient (Wildman–Crippen LogP) is -3.59. The second-order valence-electron chi connectivity index (χ2n) is 6.57. The molecule has 0 fully saturated rings. The van der Waals surface area contributed by atoms with Crippen molar-refractivity contribution in [2.45, 2.75) is 63.1 Å². The summed E-state index contributed by atoms with van der Waals surface area (Å²) in [4.78, 5) is 58.7. The average molecular weight is 452 g/mol. The molecule has 0 aliphatic rings. The number of carbonyl (C=O) groups is 5. The number of hydrogen-bond donors (Lipinski definition) is 9. The molecule has 0 radical (unpaired) electrons. The van der Waals surface area contributed by atoms with Gasteiger partial charge in [0.1, 0.15) is 24.2 Å². The Kier molecular flexibility index (Phi) is 11.9. The number of carbonyl (C=O) groups excluding carboxylic acids is 3. The van der Waals surface area contributed by atoms with Gasteiger partial charge in [-0.1, -0.05) is 0 Å². The van der Waals surface area contributed by atoms with Gasteiger partial charge < -0.3 is 42.1 Å². The Morgan fingerprint density at radius 2 is 1.40 bits per heavy atom. The molecule has 0 aliphatic heterocycles. The normalized spacial score (nSPS) is 16.9. The first-order chi connectivity index (χ1) is 13.8. The summed E-state index contributed by atoms with van der Waals surface area (Å²) in [5.41, 5.74) is 5.48. The number of aliphatic hydroxyl groups is 2. The summed E-state index contributed by atoms with van der Waals surface area (Å²) in [6.45, 7) is 2.40. The Morgan fingerprint density at radius 1 is 0.867 bits per heavy atom. The first-order valence-corrected chi connectivity index (χ1v) is 9.53. The highest BCUT2D eigenvalue weighted by Crippen LogP contribution is 2.03. The summed E-state index contributed by atoms with van der Waals surface area (Å²) in [6.07, 6.45) is -3.60. The number of carboxylic acid groups (broad SMARTS) is 2. The molecule has 9 N–H and O–H groups in total. The van der Waals surface area contributed by atoms with Crippen LogP contribution < -0.4 is 21.7 Å². The lowest BCUT2D eigenvalue weighted by molar-refractivity contribution is -0.142. The van der Waals surface area contributed by atoms with Gasteiger partial charge in [-0.25, -0.2) is 4.79 Å². The number of thiol groups is 1. The van der Waals surface area contributed by atoms with Gasteiger partial charge >= 0.3 is 11.9 Å². The molecule has 30 heavy (non-hydrogen) atoms. The van der Waals surface area contributed by atoms with Crippen LogP contribution in [0.5, 0.6) is 0 Å². The molecule has 3 amide bonds. The van der Waals surface area contributed by atoms with Crippen molar-refractivity contribution >= 4 is 42.3 Å². The van der Waals surface area contributed by atoms with Gasteiger partial charge in [0.2, 0.25) is 17.7 Å². The first-order valence-electron chi connectivity index (χ1n) is 8.90. The molecule has 0 saturated heterocycles. The molecule has 172 valence electrons. The lowest BCUT2D eigenvalue weighted by Crippen LogP contribution is -2.60. The van der Waals surface area contributed by atoms with Crippen molar-refractivity contribution in [1.82, 2.24) is 16.0 Å². The summed E-state index contributed by atoms with van der Waals surface area (Å²) in [5.74, 6) is -5.87. The fraction of sp³-hybridized carbons (Fsp3) is 0.688. The molecule has 0 aliphatic carbocycles. The first kappa shape index (κ1) is 27.6. The predicted molar refractivity (Wildman–Crippen MR) is 105 cm³/mol. The monoisotopic (exact) mass is 452 g/mol. The molecule has 0 saturated carbocycles. The van der Waals surface area contributed by atoms with E-state index in [-0.39, 0.29) is 12.2 Å². The topological polar surface area (TPSA) is 228 Å². The minimum absolute atomic E-state index is 0.254. The molecule has 0 heterocycles. The summed E-state index contributed by atoms with van der Waals surface area (Å²) in [5, 5.41) is 43.5. The van der Waals surface area contributed by atoms with Crippen LogP contribution in [-0.2, 0) is 24.0 Å². The van der Waals surface area contributed by atoms with E-state index in [1.54, 1.807) is 0 Å². The number of carboxylic acids is 2. The highest BCUT2D eigenvalue weighted by atomic mass is 32.1. The van der Waals surface area contributed by atoms with Gasteiger partial charge in [-0.3, -0.25) is 19.2 Å². The molecule has 6 unspecified atom stereocenters. The smallest absolute Gasteiger partial charge is 0.327 e. The van der Waals surface area contributed by atoms with E-state index in [9.17, 15) is 34.2 Å². The zero-order chi connectivity index (χ0) is 23.6. The van der Waals surface area contributed by atoms with Gasteiger partial charge in [0.25, 0.3) is 0 Å². The Bertz CT molecular complexity index is 644. The lowest BCUT2D eigenvalue weighted by atomic mass is 10.1. The van der Waals surface area contributed by atoms with Crippen molar-refractivity contribution < 1.29 is 44.4 Å². The zero-order valence-corrected chi connectivity index (χ0v) is 17.3. The fourth-order valence-electron chi connectivity index (χ4n) is 2.13. The molecule has 0 aromatic rings. The van der Waals surface area contributed by atoms with E-state index in [1.807, 2.05) is 0 Å². The van der Waals surface area contributed by atoms with Crippen molar-refractivity contribution in [3.05, 3.63) is 0 Å². The summed E-state index contributed by atoms with van der Waals surface area (Å²) in [6, 6.07) is -5.83. The van der Waals surface area contributed by atoms with Crippen LogP contribution >= 0.6 is 12.6 Å². The van der Waals surface area contributed by atoms with Gasteiger partial charge in [0.15, 0.2) is 0 Å². The number of nitrogens with two attached hydrogens (primary N) is 1. The molecule has 0 aromatic carbocycles. The second kappa shape index (κ2) is 13.0. The third kappa shape index (κ3) is 9.39. The highest BCUT2D eigenvalue weighted by Gasteiger charge is 2.33. The van der Waals surface area contributed by atoms with E-state index >= 15 is 0 Å². The van der Waals surface area contributed by atoms with Gasteiger partial charge in [-0.15, -0.1) is 0 Å². The minimum atomic E-state index is -1.60. The van der Waals surface area contributed by atoms with E-state index in [0.717, 1.165) is 6.92 Å². The van der Waals surface area contributed by atoms with Crippen LogP contribution in [0, 0.1) is 0 Å². The molecule has 0 spiro atoms. The van der Waals surface area contributed by atoms with E-state index in [2.05, 4.69) is 28.6 Å². The van der Waals surface area contributed by atoms with Gasteiger partial charge in [-0.2, -0.15) is 12.6 Å². The average Bonchev–Trinajstić information content (AvgIpc) is 2.65. The maximum atomic E-state index is 12.5. The summed E-state index contributed by atoms with van der Waals surface area (Å²) < 4.78 is 0. The largest absolute Gasteiger partial charge is 0.481 e. The molecular weight excluding hydrogens is 424 g/mol. The van der Waals surface area contributed by atoms with Crippen molar-refractivity contribution in [3.8, 4) is 0 Å². The van der Waals surface area contributed by atoms with Crippen molar-refractivity contribution in [2.24, 2.45) is 5.73 Å². The van der Waals surface area contributed by atoms with Crippen molar-refractivity contribution in [1.29, 1.82) is 0 Å². The molecule has 0 rings (SSSR count). The number of aliphatic hydroxyl groups excluding tert-OH is 2. The van der Waals surface area contributed by atoms with Gasteiger partial charge in [0.05, 0.1) is 12.2 Å². The number of hydrogen-bond acceptors (Lipinski definition) is 9. The Labute approximate surface area is 177 Å². The maximum Gasteiger partial charge on any atom is 0.327 e. The SMILES string of the molecule is CC(O)C(N)C(=O)NC(CCC(=O)O)C(=O)NC(C(=O)NC(CS)C(=O)O)C(C)O. The zero-order valence-electron chi connectivity index (χ0n) is 16.4. The van der Waals surface area contributed by atoms with Gasteiger partial charge in [-0.05, 0) is 20.3 Å². The van der Waals surface area contributed by atoms with Crippen LogP contribution in [0.4, 0.5) is 0 Å². The van der Waals surface area contributed by atoms with E-state index in [1.165, 1.54) is 6.92 Å². The lowest BCUT2D eigenvalue weighted by Gasteiger charge is -2.26. The standard InChI is InChI=1S/C16H28N4O9S/c1-6(21)11(17)14(26)18-8(3-4-10(23)24)13(25)20-12(7(2)22)15(27)19-9(5-30)16(28)29/h6-9,11-12,21-22,30H,3-5,17H2,1-2H3,(H,18,26)(H,19,27)(H,20,25)(H,23,24)(H,28,29). The minimum Gasteiger partial charge on any atom is -0.481 e. The van der Waals surface area contributed by atoms with E-state index < -0.39 is 72.5 Å². The van der Waals surface area contributed by atoms with Crippen LogP contribution in [0.2, 0.25) is 0 Å².